The van der Waals surface area contributed by atoms with E-state index in [0.717, 1.165) is 0 Å². The molecule has 6 heteroatoms. The summed E-state index contributed by atoms with van der Waals surface area (Å²) in [7, 11) is 0. The highest BCUT2D eigenvalue weighted by Crippen LogP contribution is 2.37. The molecule has 0 bridgehead atoms. The Morgan fingerprint density at radius 2 is 1.90 bits per heavy atom. The maximum Gasteiger partial charge on any atom is 0.306 e. The molecule has 1 aliphatic rings. The normalized spacial score (nSPS) is 21.3. The monoisotopic (exact) mass is 330 g/mol. The summed E-state index contributed by atoms with van der Waals surface area (Å²) in [6.45, 7) is 2.28. The van der Waals surface area contributed by atoms with Crippen LogP contribution in [0.3, 0.4) is 0 Å². The lowest BCUT2D eigenvalue weighted by molar-refractivity contribution is -0.141. The van der Waals surface area contributed by atoms with Crippen molar-refractivity contribution in [1.82, 2.24) is 0 Å². The zero-order valence-electron chi connectivity index (χ0n) is 11.6. The maximum absolute atomic E-state index is 12.5. The van der Waals surface area contributed by atoms with Gasteiger partial charge in [-0.3, -0.25) is 9.59 Å². The van der Waals surface area contributed by atoms with Crippen LogP contribution in [0, 0.1) is 11.8 Å². The molecule has 0 heterocycles. The van der Waals surface area contributed by atoms with Crippen molar-refractivity contribution in [3.8, 4) is 5.75 Å². The average Bonchev–Trinajstić information content (AvgIpc) is 2.92. The lowest BCUT2D eigenvalue weighted by Crippen LogP contribution is -2.15. The fourth-order valence-electron chi connectivity index (χ4n) is 2.65. The summed E-state index contributed by atoms with van der Waals surface area (Å²) in [5.74, 6) is -1.31. The van der Waals surface area contributed by atoms with Gasteiger partial charge in [-0.15, -0.1) is 0 Å². The standard InChI is InChI=1S/C15H16Cl2O4/c1-2-21-13-7-11(16)10(6-12(13)17)14(18)8-3-4-9(5-8)15(19)20/h6-9H,2-5H2,1H3,(H,19,20). The molecule has 1 N–H and O–H groups in total. The highest BCUT2D eigenvalue weighted by atomic mass is 35.5. The Kier molecular flexibility index (Phi) is 5.12. The number of rotatable bonds is 5. The molecule has 2 unspecified atom stereocenters. The fraction of sp³-hybridized carbons (Fsp3) is 0.467. The number of hydrogen-bond donors (Lipinski definition) is 1. The smallest absolute Gasteiger partial charge is 0.306 e. The molecule has 0 saturated heterocycles. The Balaban J connectivity index is 2.20. The summed E-state index contributed by atoms with van der Waals surface area (Å²) < 4.78 is 5.32. The van der Waals surface area contributed by atoms with Gasteiger partial charge in [-0.25, -0.2) is 0 Å². The van der Waals surface area contributed by atoms with Gasteiger partial charge in [-0.05, 0) is 32.3 Å². The second-order valence-corrected chi connectivity index (χ2v) is 5.92. The number of benzene rings is 1. The number of ether oxygens (including phenoxy) is 1. The molecule has 4 nitrogen and oxygen atoms in total. The highest BCUT2D eigenvalue weighted by molar-refractivity contribution is 6.36. The van der Waals surface area contributed by atoms with Crippen LogP contribution in [-0.4, -0.2) is 23.5 Å². The van der Waals surface area contributed by atoms with Crippen molar-refractivity contribution in [3.63, 3.8) is 0 Å². The summed E-state index contributed by atoms with van der Waals surface area (Å²) >= 11 is 12.2. The van der Waals surface area contributed by atoms with Crippen molar-refractivity contribution in [2.75, 3.05) is 6.61 Å². The average molecular weight is 331 g/mol. The number of carbonyl (C=O) groups excluding carboxylic acids is 1. The van der Waals surface area contributed by atoms with Gasteiger partial charge in [0.1, 0.15) is 5.75 Å². The number of halogens is 2. The van der Waals surface area contributed by atoms with Crippen LogP contribution in [-0.2, 0) is 4.79 Å². The van der Waals surface area contributed by atoms with E-state index in [0.29, 0.717) is 42.2 Å². The van der Waals surface area contributed by atoms with E-state index in [4.69, 9.17) is 33.0 Å². The minimum Gasteiger partial charge on any atom is -0.492 e. The van der Waals surface area contributed by atoms with Crippen molar-refractivity contribution >= 4 is 35.0 Å². The van der Waals surface area contributed by atoms with Gasteiger partial charge in [0, 0.05) is 17.5 Å². The third kappa shape index (κ3) is 3.50. The van der Waals surface area contributed by atoms with Crippen LogP contribution in [0.2, 0.25) is 10.0 Å². The van der Waals surface area contributed by atoms with E-state index in [9.17, 15) is 9.59 Å². The van der Waals surface area contributed by atoms with Crippen LogP contribution in [0.25, 0.3) is 0 Å². The minimum atomic E-state index is -0.846. The van der Waals surface area contributed by atoms with Crippen molar-refractivity contribution in [1.29, 1.82) is 0 Å². The van der Waals surface area contributed by atoms with Gasteiger partial charge < -0.3 is 9.84 Å². The van der Waals surface area contributed by atoms with Crippen LogP contribution in [0.1, 0.15) is 36.5 Å². The molecule has 114 valence electrons. The zero-order valence-corrected chi connectivity index (χ0v) is 13.1. The molecule has 2 rings (SSSR count). The molecular weight excluding hydrogens is 315 g/mol. The lowest BCUT2D eigenvalue weighted by Gasteiger charge is -2.13. The second-order valence-electron chi connectivity index (χ2n) is 5.10. The van der Waals surface area contributed by atoms with Gasteiger partial charge in [0.2, 0.25) is 0 Å². The third-order valence-corrected chi connectivity index (χ3v) is 4.35. The molecule has 0 aliphatic heterocycles. The Morgan fingerprint density at radius 3 is 2.48 bits per heavy atom. The number of hydrogen-bond acceptors (Lipinski definition) is 3. The van der Waals surface area contributed by atoms with Crippen molar-refractivity contribution < 1.29 is 19.4 Å². The predicted octanol–water partition coefficient (Wildman–Crippen LogP) is 4.08. The van der Waals surface area contributed by atoms with Gasteiger partial charge in [0.05, 0.1) is 22.6 Å². The molecule has 0 amide bonds. The van der Waals surface area contributed by atoms with E-state index in [-0.39, 0.29) is 16.7 Å². The van der Waals surface area contributed by atoms with E-state index in [1.54, 1.807) is 0 Å². The lowest BCUT2D eigenvalue weighted by atomic mass is 9.95. The first kappa shape index (κ1) is 16.1. The molecular formula is C15H16Cl2O4. The summed E-state index contributed by atoms with van der Waals surface area (Å²) in [5.41, 5.74) is 0.334. The van der Waals surface area contributed by atoms with E-state index in [1.165, 1.54) is 12.1 Å². The van der Waals surface area contributed by atoms with Crippen LogP contribution in [0.5, 0.6) is 5.75 Å². The first-order valence-electron chi connectivity index (χ1n) is 6.82. The molecule has 0 aromatic heterocycles. The van der Waals surface area contributed by atoms with E-state index in [1.807, 2.05) is 6.92 Å². The maximum atomic E-state index is 12.5. The van der Waals surface area contributed by atoms with E-state index in [2.05, 4.69) is 0 Å². The quantitative estimate of drug-likeness (QED) is 0.826. The minimum absolute atomic E-state index is 0.145. The fourth-order valence-corrected chi connectivity index (χ4v) is 3.11. The molecule has 1 aromatic carbocycles. The van der Waals surface area contributed by atoms with Gasteiger partial charge in [-0.2, -0.15) is 0 Å². The Bertz CT molecular complexity index is 571. The number of carbonyl (C=O) groups is 2. The SMILES string of the molecule is CCOc1cc(Cl)c(C(=O)C2CCC(C(=O)O)C2)cc1Cl. The summed E-state index contributed by atoms with van der Waals surface area (Å²) in [4.78, 5) is 23.4. The van der Waals surface area contributed by atoms with Gasteiger partial charge >= 0.3 is 5.97 Å². The third-order valence-electron chi connectivity index (χ3n) is 3.74. The van der Waals surface area contributed by atoms with Crippen molar-refractivity contribution in [2.24, 2.45) is 11.8 Å². The predicted molar refractivity (Wildman–Crippen MR) is 80.4 cm³/mol. The Labute approximate surface area is 133 Å². The molecule has 1 fully saturated rings. The second kappa shape index (κ2) is 6.67. The summed E-state index contributed by atoms with van der Waals surface area (Å²) in [6, 6.07) is 3.04. The van der Waals surface area contributed by atoms with E-state index < -0.39 is 11.9 Å². The molecule has 0 radical (unpaired) electrons. The van der Waals surface area contributed by atoms with E-state index >= 15 is 0 Å². The Morgan fingerprint density at radius 1 is 1.24 bits per heavy atom. The molecule has 1 aliphatic carbocycles. The van der Waals surface area contributed by atoms with Crippen LogP contribution in [0.15, 0.2) is 12.1 Å². The number of ketones is 1. The van der Waals surface area contributed by atoms with Gasteiger partial charge in [0.25, 0.3) is 0 Å². The summed E-state index contributed by atoms with van der Waals surface area (Å²) in [5, 5.41) is 9.62. The first-order valence-corrected chi connectivity index (χ1v) is 7.58. The number of Topliss-reactive ketones (excluding diaryl/α,β-unsaturated/α-hetero) is 1. The first-order chi connectivity index (χ1) is 9.93. The number of carboxylic acids is 1. The van der Waals surface area contributed by atoms with Crippen LogP contribution < -0.4 is 4.74 Å². The van der Waals surface area contributed by atoms with Gasteiger partial charge in [0.15, 0.2) is 5.78 Å². The molecule has 1 aromatic rings. The van der Waals surface area contributed by atoms with Crippen molar-refractivity contribution in [3.05, 3.63) is 27.7 Å². The van der Waals surface area contributed by atoms with Gasteiger partial charge in [-0.1, -0.05) is 23.2 Å². The molecule has 21 heavy (non-hydrogen) atoms. The van der Waals surface area contributed by atoms with Crippen LogP contribution >= 0.6 is 23.2 Å². The summed E-state index contributed by atoms with van der Waals surface area (Å²) in [6.07, 6.45) is 1.44. The largest absolute Gasteiger partial charge is 0.492 e. The number of carboxylic acid groups (broad SMARTS) is 1. The zero-order chi connectivity index (χ0) is 15.6. The van der Waals surface area contributed by atoms with Crippen molar-refractivity contribution in [2.45, 2.75) is 26.2 Å². The molecule has 0 spiro atoms. The van der Waals surface area contributed by atoms with Crippen LogP contribution in [0.4, 0.5) is 0 Å². The number of aliphatic carboxylic acids is 1. The molecule has 1 saturated carbocycles. The Hall–Kier alpha value is -1.26. The molecule has 2 atom stereocenters. The highest BCUT2D eigenvalue weighted by Gasteiger charge is 2.35. The topological polar surface area (TPSA) is 63.6 Å².